The number of carbonyl (C=O) groups is 3. The number of nitrogens with zero attached hydrogens (tertiary/aromatic N) is 1. The predicted molar refractivity (Wildman–Crippen MR) is 131 cm³/mol. The molecule has 2 aliphatic rings. The van der Waals surface area contributed by atoms with E-state index in [1.807, 2.05) is 0 Å². The van der Waals surface area contributed by atoms with Crippen LogP contribution in [0.3, 0.4) is 0 Å². The van der Waals surface area contributed by atoms with Gasteiger partial charge in [-0.05, 0) is 68.5 Å². The van der Waals surface area contributed by atoms with Crippen LogP contribution in [0.15, 0.2) is 36.4 Å². The van der Waals surface area contributed by atoms with Gasteiger partial charge in [0.2, 0.25) is 11.8 Å². The van der Waals surface area contributed by atoms with Gasteiger partial charge in [-0.2, -0.15) is 13.2 Å². The second kappa shape index (κ2) is 10.3. The Morgan fingerprint density at radius 3 is 2.39 bits per heavy atom. The van der Waals surface area contributed by atoms with Gasteiger partial charge in [0.1, 0.15) is 24.0 Å². The molecule has 1 unspecified atom stereocenters. The van der Waals surface area contributed by atoms with Crippen LogP contribution in [-0.4, -0.2) is 48.5 Å². The third-order valence-electron chi connectivity index (χ3n) is 6.89. The number of hydrogen-bond acceptors (Lipinski definition) is 4. The molecule has 11 heteroatoms. The van der Waals surface area contributed by atoms with Crippen LogP contribution < -0.4 is 15.4 Å². The van der Waals surface area contributed by atoms with Crippen molar-refractivity contribution >= 4 is 23.4 Å². The average Bonchev–Trinajstić information content (AvgIpc) is 3.65. The molecule has 1 aliphatic carbocycles. The Hall–Kier alpha value is -3.63. The van der Waals surface area contributed by atoms with Crippen molar-refractivity contribution in [3.05, 3.63) is 58.9 Å². The number of carbonyl (C=O) groups excluding carboxylic acids is 3. The van der Waals surface area contributed by atoms with E-state index in [1.54, 1.807) is 26.0 Å². The highest BCUT2D eigenvalue weighted by Crippen LogP contribution is 2.36. The largest absolute Gasteiger partial charge is 0.497 e. The first-order chi connectivity index (χ1) is 17.8. The van der Waals surface area contributed by atoms with Crippen molar-refractivity contribution in [2.24, 2.45) is 0 Å². The van der Waals surface area contributed by atoms with E-state index in [-0.39, 0.29) is 36.2 Å². The molecule has 2 aromatic carbocycles. The first-order valence-corrected chi connectivity index (χ1v) is 12.2. The molecule has 0 aromatic heterocycles. The first-order valence-electron chi connectivity index (χ1n) is 12.2. The number of ether oxygens (including phenoxy) is 1. The van der Waals surface area contributed by atoms with Gasteiger partial charge in [0.05, 0.1) is 12.5 Å². The predicted octanol–water partition coefficient (Wildman–Crippen LogP) is 4.41. The maximum atomic E-state index is 15.1. The monoisotopic (exact) mass is 535 g/mol. The van der Waals surface area contributed by atoms with Gasteiger partial charge in [0.25, 0.3) is 5.91 Å². The Bertz CT molecular complexity index is 1260. The maximum absolute atomic E-state index is 15.1. The molecule has 7 nitrogen and oxygen atoms in total. The molecule has 4 rings (SSSR count). The molecule has 1 fully saturated rings. The molecule has 0 saturated heterocycles. The lowest BCUT2D eigenvalue weighted by atomic mass is 9.83. The van der Waals surface area contributed by atoms with E-state index < -0.39 is 41.7 Å². The van der Waals surface area contributed by atoms with E-state index in [0.717, 1.165) is 23.8 Å². The standard InChI is InChI=1S/C27H29F4N3O4/c1-26(2,25(37)33-16-4-5-16)20-9-6-17(13-21(20)28)32-24(36)23-19-8-7-18(38-3)12-15(19)10-11-34(23)22(35)14-27(29,30)31/h6-9,12-13,16,23H,4-5,10-11,14H2,1-3H3,(H,32,36)(H,33,37). The summed E-state index contributed by atoms with van der Waals surface area (Å²) >= 11 is 0. The summed E-state index contributed by atoms with van der Waals surface area (Å²) < 4.78 is 59.3. The van der Waals surface area contributed by atoms with E-state index in [0.29, 0.717) is 16.9 Å². The Kier molecular flexibility index (Phi) is 7.40. The number of nitrogens with one attached hydrogen (secondary N) is 2. The van der Waals surface area contributed by atoms with Crippen LogP contribution in [-0.2, 0) is 26.2 Å². The summed E-state index contributed by atoms with van der Waals surface area (Å²) in [4.78, 5) is 39.5. The number of fused-ring (bicyclic) bond motifs is 1. The molecule has 204 valence electrons. The third kappa shape index (κ3) is 5.92. The van der Waals surface area contributed by atoms with Gasteiger partial charge in [-0.15, -0.1) is 0 Å². The summed E-state index contributed by atoms with van der Waals surface area (Å²) in [6.07, 6.45) is -4.44. The van der Waals surface area contributed by atoms with Gasteiger partial charge >= 0.3 is 6.18 Å². The highest BCUT2D eigenvalue weighted by Gasteiger charge is 2.41. The molecule has 0 bridgehead atoms. The second-order valence-electron chi connectivity index (χ2n) is 10.2. The van der Waals surface area contributed by atoms with E-state index in [2.05, 4.69) is 10.6 Å². The van der Waals surface area contributed by atoms with Crippen LogP contribution >= 0.6 is 0 Å². The first kappa shape index (κ1) is 27.4. The van der Waals surface area contributed by atoms with Crippen molar-refractivity contribution < 1.29 is 36.7 Å². The number of halogens is 4. The van der Waals surface area contributed by atoms with Crippen molar-refractivity contribution in [2.75, 3.05) is 19.0 Å². The highest BCUT2D eigenvalue weighted by molar-refractivity contribution is 5.98. The van der Waals surface area contributed by atoms with Gasteiger partial charge < -0.3 is 20.3 Å². The number of alkyl halides is 3. The number of rotatable bonds is 7. The SMILES string of the molecule is COc1ccc2c(c1)CCN(C(=O)CC(F)(F)F)C2C(=O)Nc1ccc(C(C)(C)C(=O)NC2CC2)c(F)c1. The Morgan fingerprint density at radius 1 is 1.08 bits per heavy atom. The zero-order valence-corrected chi connectivity index (χ0v) is 21.2. The smallest absolute Gasteiger partial charge is 0.397 e. The van der Waals surface area contributed by atoms with Crippen LogP contribution in [0.2, 0.25) is 0 Å². The van der Waals surface area contributed by atoms with Crippen LogP contribution in [0.5, 0.6) is 5.75 Å². The van der Waals surface area contributed by atoms with Crippen LogP contribution in [0.1, 0.15) is 55.8 Å². The zero-order chi connectivity index (χ0) is 27.8. The Balaban J connectivity index is 1.60. The highest BCUT2D eigenvalue weighted by atomic mass is 19.4. The van der Waals surface area contributed by atoms with E-state index in [4.69, 9.17) is 4.74 Å². The van der Waals surface area contributed by atoms with Crippen molar-refractivity contribution in [3.8, 4) is 5.75 Å². The third-order valence-corrected chi connectivity index (χ3v) is 6.89. The maximum Gasteiger partial charge on any atom is 0.397 e. The summed E-state index contributed by atoms with van der Waals surface area (Å²) in [6, 6.07) is 7.37. The molecule has 1 saturated carbocycles. The van der Waals surface area contributed by atoms with E-state index in [9.17, 15) is 27.6 Å². The topological polar surface area (TPSA) is 87.7 Å². The summed E-state index contributed by atoms with van der Waals surface area (Å²) in [7, 11) is 1.46. The minimum atomic E-state index is -4.74. The van der Waals surface area contributed by atoms with Crippen molar-refractivity contribution in [1.29, 1.82) is 0 Å². The van der Waals surface area contributed by atoms with Gasteiger partial charge in [-0.3, -0.25) is 14.4 Å². The Morgan fingerprint density at radius 2 is 1.79 bits per heavy atom. The molecule has 0 radical (unpaired) electrons. The number of hydrogen-bond donors (Lipinski definition) is 2. The second-order valence-corrected chi connectivity index (χ2v) is 10.2. The van der Waals surface area contributed by atoms with E-state index in [1.165, 1.54) is 25.3 Å². The lowest BCUT2D eigenvalue weighted by Crippen LogP contribution is -2.46. The molecular weight excluding hydrogens is 506 g/mol. The van der Waals surface area contributed by atoms with Crippen molar-refractivity contribution in [3.63, 3.8) is 0 Å². The number of methoxy groups -OCH3 is 1. The van der Waals surface area contributed by atoms with Gasteiger partial charge in [-0.25, -0.2) is 4.39 Å². The van der Waals surface area contributed by atoms with Gasteiger partial charge in [-0.1, -0.05) is 12.1 Å². The number of amides is 3. The number of benzene rings is 2. The minimum absolute atomic E-state index is 0.0403. The summed E-state index contributed by atoms with van der Waals surface area (Å²) in [5.41, 5.74) is 0.0204. The van der Waals surface area contributed by atoms with Gasteiger partial charge in [0.15, 0.2) is 0 Å². The normalized spacial score (nSPS) is 17.4. The summed E-state index contributed by atoms with van der Waals surface area (Å²) in [5.74, 6) is -2.56. The van der Waals surface area contributed by atoms with Crippen molar-refractivity contribution in [2.45, 2.75) is 63.2 Å². The fraction of sp³-hybridized carbons (Fsp3) is 0.444. The molecular formula is C27H29F4N3O4. The quantitative estimate of drug-likeness (QED) is 0.515. The lowest BCUT2D eigenvalue weighted by Gasteiger charge is -2.36. The van der Waals surface area contributed by atoms with Crippen molar-refractivity contribution in [1.82, 2.24) is 10.2 Å². The molecule has 1 atom stereocenters. The summed E-state index contributed by atoms with van der Waals surface area (Å²) in [6.45, 7) is 3.09. The van der Waals surface area contributed by atoms with Crippen LogP contribution in [0.4, 0.5) is 23.2 Å². The number of anilines is 1. The summed E-state index contributed by atoms with van der Waals surface area (Å²) in [5, 5.41) is 5.39. The Labute approximate surface area is 217 Å². The van der Waals surface area contributed by atoms with Crippen LogP contribution in [0, 0.1) is 5.82 Å². The fourth-order valence-electron chi connectivity index (χ4n) is 4.58. The molecule has 0 spiro atoms. The van der Waals surface area contributed by atoms with Gasteiger partial charge in [0, 0.05) is 23.8 Å². The average molecular weight is 536 g/mol. The molecule has 2 N–H and O–H groups in total. The molecule has 1 aliphatic heterocycles. The molecule has 3 amide bonds. The zero-order valence-electron chi connectivity index (χ0n) is 21.2. The van der Waals surface area contributed by atoms with Crippen LogP contribution in [0.25, 0.3) is 0 Å². The molecule has 38 heavy (non-hydrogen) atoms. The lowest BCUT2D eigenvalue weighted by molar-refractivity contribution is -0.164. The molecule has 1 heterocycles. The van der Waals surface area contributed by atoms with E-state index >= 15 is 4.39 Å². The fourth-order valence-corrected chi connectivity index (χ4v) is 4.58. The molecule has 2 aromatic rings. The minimum Gasteiger partial charge on any atom is -0.497 e.